The molecule has 4 aliphatic rings. The van der Waals surface area contributed by atoms with E-state index in [4.69, 9.17) is 9.47 Å². The van der Waals surface area contributed by atoms with Crippen molar-refractivity contribution in [2.75, 3.05) is 26.2 Å². The third kappa shape index (κ3) is 3.90. The number of benzene rings is 2. The number of carbonyl (C=O) groups is 1. The maximum Gasteiger partial charge on any atom is 0.407 e. The van der Waals surface area contributed by atoms with E-state index in [1.54, 1.807) is 0 Å². The van der Waals surface area contributed by atoms with Crippen LogP contribution in [0.1, 0.15) is 43.9 Å². The Morgan fingerprint density at radius 2 is 2.00 bits per heavy atom. The van der Waals surface area contributed by atoms with Crippen molar-refractivity contribution in [3.63, 3.8) is 0 Å². The van der Waals surface area contributed by atoms with E-state index >= 15 is 0 Å². The molecule has 1 amide bonds. The first-order valence-corrected chi connectivity index (χ1v) is 11.6. The van der Waals surface area contributed by atoms with Crippen molar-refractivity contribution in [2.45, 2.75) is 38.8 Å². The molecule has 0 aromatic heterocycles. The van der Waals surface area contributed by atoms with Crippen molar-refractivity contribution in [1.29, 1.82) is 0 Å². The molecule has 2 bridgehead atoms. The Bertz CT molecular complexity index is 1020. The van der Waals surface area contributed by atoms with E-state index in [-0.39, 0.29) is 23.7 Å². The van der Waals surface area contributed by atoms with Crippen molar-refractivity contribution in [3.8, 4) is 16.9 Å². The van der Waals surface area contributed by atoms with Gasteiger partial charge in [-0.25, -0.2) is 4.79 Å². The zero-order chi connectivity index (χ0) is 22.3. The summed E-state index contributed by atoms with van der Waals surface area (Å²) in [6.07, 6.45) is 3.79. The first kappa shape index (κ1) is 21.1. The number of rotatable bonds is 4. The number of fused-ring (bicyclic) bond motifs is 4. The van der Waals surface area contributed by atoms with E-state index < -0.39 is 0 Å². The minimum absolute atomic E-state index is 0.00213. The topological polar surface area (TPSA) is 50.8 Å². The summed E-state index contributed by atoms with van der Waals surface area (Å²) in [5, 5.41) is 3.18. The number of nitrogens with zero attached hydrogens (tertiary/aromatic N) is 1. The maximum atomic E-state index is 12.9. The molecule has 6 rings (SSSR count). The predicted octanol–water partition coefficient (Wildman–Crippen LogP) is 5.28. The third-order valence-corrected chi connectivity index (χ3v) is 7.31. The molecule has 1 N–H and O–H groups in total. The van der Waals surface area contributed by atoms with Gasteiger partial charge in [0.2, 0.25) is 0 Å². The molecule has 1 unspecified atom stereocenters. The van der Waals surface area contributed by atoms with Crippen molar-refractivity contribution in [3.05, 3.63) is 60.2 Å². The lowest BCUT2D eigenvalue weighted by atomic mass is 9.78. The van der Waals surface area contributed by atoms with Gasteiger partial charge in [0.05, 0.1) is 12.6 Å². The fourth-order valence-corrected chi connectivity index (χ4v) is 5.38. The van der Waals surface area contributed by atoms with Gasteiger partial charge in [0.1, 0.15) is 11.9 Å². The Labute approximate surface area is 190 Å². The smallest absolute Gasteiger partial charge is 0.407 e. The second kappa shape index (κ2) is 8.28. The second-order valence-corrected chi connectivity index (χ2v) is 9.98. The quantitative estimate of drug-likeness (QED) is 0.714. The van der Waals surface area contributed by atoms with Crippen LogP contribution in [0.25, 0.3) is 17.2 Å². The van der Waals surface area contributed by atoms with Gasteiger partial charge in [-0.1, -0.05) is 62.9 Å². The molecule has 168 valence electrons. The lowest BCUT2D eigenvalue weighted by Crippen LogP contribution is -2.53. The summed E-state index contributed by atoms with van der Waals surface area (Å²) >= 11 is 0. The van der Waals surface area contributed by atoms with Crippen molar-refractivity contribution in [2.24, 2.45) is 11.3 Å². The van der Waals surface area contributed by atoms with Crippen LogP contribution in [0, 0.1) is 11.3 Å². The van der Waals surface area contributed by atoms with Crippen LogP contribution in [-0.4, -0.2) is 43.3 Å². The van der Waals surface area contributed by atoms with Crippen molar-refractivity contribution >= 4 is 12.2 Å². The minimum Gasteiger partial charge on any atom is -0.493 e. The van der Waals surface area contributed by atoms with E-state index in [0.29, 0.717) is 12.5 Å². The zero-order valence-electron chi connectivity index (χ0n) is 19.0. The third-order valence-electron chi connectivity index (χ3n) is 7.31. The number of ether oxygens (including phenoxy) is 2. The van der Waals surface area contributed by atoms with Crippen molar-refractivity contribution in [1.82, 2.24) is 10.2 Å². The van der Waals surface area contributed by atoms with Gasteiger partial charge >= 0.3 is 6.09 Å². The fraction of sp³-hybridized carbons (Fsp3) is 0.444. The second-order valence-electron chi connectivity index (χ2n) is 9.98. The van der Waals surface area contributed by atoms with Crippen LogP contribution in [0.2, 0.25) is 0 Å². The average molecular weight is 433 g/mol. The summed E-state index contributed by atoms with van der Waals surface area (Å²) in [6.45, 7) is 11.8. The number of amides is 1. The molecule has 0 spiro atoms. The van der Waals surface area contributed by atoms with E-state index in [1.165, 1.54) is 0 Å². The summed E-state index contributed by atoms with van der Waals surface area (Å²) in [6, 6.07) is 14.2. The molecule has 2 aromatic carbocycles. The fourth-order valence-electron chi connectivity index (χ4n) is 5.38. The number of carbonyl (C=O) groups excluding carboxylic acids is 1. The van der Waals surface area contributed by atoms with E-state index in [0.717, 1.165) is 60.5 Å². The van der Waals surface area contributed by atoms with Crippen LogP contribution in [0.15, 0.2) is 49.0 Å². The van der Waals surface area contributed by atoms with Crippen LogP contribution in [0.3, 0.4) is 0 Å². The Hall–Kier alpha value is -2.79. The standard InChI is InChI=1S/C27H32N2O3/c1-4-18-7-5-6-8-21(18)20-9-10-22-23(15-20)31-17-27(2,3)25(22)28-26(30)32-24-16-29-13-11-19(24)12-14-29/h4-10,15,19,24-25H,1,11-14,16-17H2,2-3H3,(H,28,30)/t24-,25?/m0/s1. The molecule has 4 heterocycles. The van der Waals surface area contributed by atoms with Gasteiger partial charge in [0.25, 0.3) is 0 Å². The summed E-state index contributed by atoms with van der Waals surface area (Å²) in [5.74, 6) is 1.31. The number of hydrogen-bond acceptors (Lipinski definition) is 4. The highest BCUT2D eigenvalue weighted by Gasteiger charge is 2.41. The SMILES string of the molecule is C=Cc1ccccc1-c1ccc2c(c1)OCC(C)(C)C2NC(=O)O[C@H]1CN2CCC1CC2. The Morgan fingerprint density at radius 3 is 2.72 bits per heavy atom. The highest BCUT2D eigenvalue weighted by Crippen LogP contribution is 2.44. The first-order valence-electron chi connectivity index (χ1n) is 11.6. The Morgan fingerprint density at radius 1 is 1.22 bits per heavy atom. The van der Waals surface area contributed by atoms with Gasteiger partial charge in [-0.3, -0.25) is 4.90 Å². The predicted molar refractivity (Wildman–Crippen MR) is 127 cm³/mol. The Kier molecular flexibility index (Phi) is 5.46. The molecule has 5 heteroatoms. The molecule has 0 aliphatic carbocycles. The molecule has 0 radical (unpaired) electrons. The van der Waals surface area contributed by atoms with Crippen LogP contribution in [0.4, 0.5) is 4.79 Å². The molecule has 3 fully saturated rings. The molecule has 0 saturated carbocycles. The number of hydrogen-bond donors (Lipinski definition) is 1. The zero-order valence-corrected chi connectivity index (χ0v) is 19.0. The number of nitrogens with one attached hydrogen (secondary N) is 1. The Balaban J connectivity index is 1.37. The summed E-state index contributed by atoms with van der Waals surface area (Å²) < 4.78 is 12.1. The summed E-state index contributed by atoms with van der Waals surface area (Å²) in [4.78, 5) is 15.3. The molecule has 3 saturated heterocycles. The molecular formula is C27H32N2O3. The lowest BCUT2D eigenvalue weighted by molar-refractivity contribution is -0.0361. The van der Waals surface area contributed by atoms with Crippen LogP contribution < -0.4 is 10.1 Å². The summed E-state index contributed by atoms with van der Waals surface area (Å²) in [5.41, 5.74) is 4.02. The van der Waals surface area contributed by atoms with Gasteiger partial charge in [0.15, 0.2) is 0 Å². The van der Waals surface area contributed by atoms with E-state index in [9.17, 15) is 4.79 Å². The minimum atomic E-state index is -0.323. The maximum absolute atomic E-state index is 12.9. The molecule has 2 atom stereocenters. The molecule has 2 aromatic rings. The highest BCUT2D eigenvalue weighted by atomic mass is 16.6. The van der Waals surface area contributed by atoms with E-state index in [2.05, 4.69) is 61.0 Å². The highest BCUT2D eigenvalue weighted by molar-refractivity contribution is 5.76. The normalized spacial score (nSPS) is 27.7. The molecule has 32 heavy (non-hydrogen) atoms. The monoisotopic (exact) mass is 432 g/mol. The lowest BCUT2D eigenvalue weighted by Gasteiger charge is -2.44. The van der Waals surface area contributed by atoms with E-state index in [1.807, 2.05) is 18.2 Å². The van der Waals surface area contributed by atoms with Crippen LogP contribution >= 0.6 is 0 Å². The number of piperidine rings is 3. The van der Waals surface area contributed by atoms with Gasteiger partial charge in [0, 0.05) is 17.5 Å². The molecule has 5 nitrogen and oxygen atoms in total. The molecule has 4 aliphatic heterocycles. The van der Waals surface area contributed by atoms with Gasteiger partial charge in [-0.15, -0.1) is 0 Å². The molecular weight excluding hydrogens is 400 g/mol. The van der Waals surface area contributed by atoms with Crippen LogP contribution in [0.5, 0.6) is 5.75 Å². The largest absolute Gasteiger partial charge is 0.493 e. The van der Waals surface area contributed by atoms with Gasteiger partial charge < -0.3 is 14.8 Å². The average Bonchev–Trinajstić information content (AvgIpc) is 2.81. The van der Waals surface area contributed by atoms with Crippen molar-refractivity contribution < 1.29 is 14.3 Å². The van der Waals surface area contributed by atoms with Crippen LogP contribution in [-0.2, 0) is 4.74 Å². The van der Waals surface area contributed by atoms with Gasteiger partial charge in [-0.2, -0.15) is 0 Å². The summed E-state index contributed by atoms with van der Waals surface area (Å²) in [7, 11) is 0. The number of alkyl carbamates (subject to hydrolysis) is 1. The van der Waals surface area contributed by atoms with Gasteiger partial charge in [-0.05, 0) is 54.6 Å². The first-order chi connectivity index (χ1) is 15.4.